The molecule has 86 valence electrons. The minimum absolute atomic E-state index is 0.392. The van der Waals surface area contributed by atoms with Gasteiger partial charge in [0.25, 0.3) is 0 Å². The van der Waals surface area contributed by atoms with Crippen LogP contribution in [0, 0.1) is 0 Å². The van der Waals surface area contributed by atoms with Gasteiger partial charge in [-0.1, -0.05) is 0 Å². The summed E-state index contributed by atoms with van der Waals surface area (Å²) >= 11 is 0. The molecule has 0 saturated heterocycles. The van der Waals surface area contributed by atoms with E-state index in [2.05, 4.69) is 10.3 Å². The Hall–Kier alpha value is -1.01. The van der Waals surface area contributed by atoms with Crippen LogP contribution in [-0.2, 0) is 6.54 Å². The largest absolute Gasteiger partial charge is 0.319 e. The normalized spacial score (nSPS) is 11.6. The molecule has 0 amide bonds. The van der Waals surface area contributed by atoms with Crippen LogP contribution in [0.4, 0.5) is 8.78 Å². The summed E-state index contributed by atoms with van der Waals surface area (Å²) in [4.78, 5) is 5.85. The van der Waals surface area contributed by atoms with Crippen LogP contribution in [0.1, 0.15) is 12.4 Å². The van der Waals surface area contributed by atoms with Gasteiger partial charge >= 0.3 is 6.55 Å². The van der Waals surface area contributed by atoms with Gasteiger partial charge in [-0.05, 0) is 14.1 Å². The monoisotopic (exact) mass is 218 g/mol. The van der Waals surface area contributed by atoms with Gasteiger partial charge in [-0.3, -0.25) is 9.47 Å². The Kier molecular flexibility index (Phi) is 4.64. The molecule has 0 unspecified atom stereocenters. The van der Waals surface area contributed by atoms with E-state index in [4.69, 9.17) is 0 Å². The molecule has 1 heterocycles. The van der Waals surface area contributed by atoms with Crippen LogP contribution in [0.3, 0.4) is 0 Å². The Bertz CT molecular complexity index is 287. The Morgan fingerprint density at radius 2 is 2.33 bits per heavy atom. The van der Waals surface area contributed by atoms with Gasteiger partial charge < -0.3 is 5.32 Å². The zero-order valence-electron chi connectivity index (χ0n) is 8.95. The third-order valence-electron chi connectivity index (χ3n) is 2.11. The van der Waals surface area contributed by atoms with Gasteiger partial charge in [0.05, 0.1) is 6.54 Å². The number of nitrogens with one attached hydrogen (secondary N) is 1. The van der Waals surface area contributed by atoms with Crippen molar-refractivity contribution < 1.29 is 8.78 Å². The number of nitrogens with zero attached hydrogens (tertiary/aromatic N) is 3. The Morgan fingerprint density at radius 1 is 1.60 bits per heavy atom. The minimum atomic E-state index is -2.51. The maximum Gasteiger partial charge on any atom is 0.319 e. The van der Waals surface area contributed by atoms with Crippen molar-refractivity contribution in [1.82, 2.24) is 19.8 Å². The van der Waals surface area contributed by atoms with Crippen molar-refractivity contribution in [3.05, 3.63) is 18.2 Å². The quantitative estimate of drug-likeness (QED) is 0.771. The molecule has 0 saturated carbocycles. The number of rotatable bonds is 6. The van der Waals surface area contributed by atoms with Crippen molar-refractivity contribution in [3.8, 4) is 0 Å². The lowest BCUT2D eigenvalue weighted by molar-refractivity contribution is 0.0646. The van der Waals surface area contributed by atoms with Crippen LogP contribution >= 0.6 is 0 Å². The van der Waals surface area contributed by atoms with E-state index < -0.39 is 6.55 Å². The molecular weight excluding hydrogens is 202 g/mol. The topological polar surface area (TPSA) is 33.1 Å². The van der Waals surface area contributed by atoms with Gasteiger partial charge in [0.15, 0.2) is 0 Å². The zero-order chi connectivity index (χ0) is 11.3. The lowest BCUT2D eigenvalue weighted by atomic mass is 10.5. The smallest absolute Gasteiger partial charge is 0.318 e. The highest BCUT2D eigenvalue weighted by Gasteiger charge is 2.12. The SMILES string of the molecule is CNCCN(C)Cc1nccn1C(F)F. The lowest BCUT2D eigenvalue weighted by Crippen LogP contribution is -2.28. The first-order valence-electron chi connectivity index (χ1n) is 4.78. The van der Waals surface area contributed by atoms with Crippen molar-refractivity contribution in [1.29, 1.82) is 0 Å². The van der Waals surface area contributed by atoms with Gasteiger partial charge in [0.2, 0.25) is 0 Å². The van der Waals surface area contributed by atoms with Crippen LogP contribution in [0.25, 0.3) is 0 Å². The van der Waals surface area contributed by atoms with Crippen molar-refractivity contribution in [3.63, 3.8) is 0 Å². The van der Waals surface area contributed by atoms with Gasteiger partial charge in [-0.2, -0.15) is 8.78 Å². The highest BCUT2D eigenvalue weighted by molar-refractivity contribution is 4.92. The maximum absolute atomic E-state index is 12.5. The molecule has 0 aliphatic heterocycles. The predicted molar refractivity (Wildman–Crippen MR) is 53.7 cm³/mol. The molecule has 0 aliphatic rings. The standard InChI is InChI=1S/C9H16F2N4/c1-12-3-5-14(2)7-8-13-4-6-15(8)9(10)11/h4,6,9,12H,3,5,7H2,1-2H3. The summed E-state index contributed by atoms with van der Waals surface area (Å²) in [7, 11) is 3.73. The molecule has 4 nitrogen and oxygen atoms in total. The van der Waals surface area contributed by atoms with E-state index in [-0.39, 0.29) is 0 Å². The second kappa shape index (κ2) is 5.77. The number of hydrogen-bond acceptors (Lipinski definition) is 3. The van der Waals surface area contributed by atoms with Crippen molar-refractivity contribution >= 4 is 0 Å². The molecule has 0 spiro atoms. The van der Waals surface area contributed by atoms with E-state index in [1.54, 1.807) is 0 Å². The highest BCUT2D eigenvalue weighted by Crippen LogP contribution is 2.13. The van der Waals surface area contributed by atoms with Crippen molar-refractivity contribution in [2.24, 2.45) is 0 Å². The second-order valence-electron chi connectivity index (χ2n) is 3.37. The highest BCUT2D eigenvalue weighted by atomic mass is 19.3. The average molecular weight is 218 g/mol. The van der Waals surface area contributed by atoms with E-state index >= 15 is 0 Å². The number of halogens is 2. The molecule has 0 atom stereocenters. The zero-order valence-corrected chi connectivity index (χ0v) is 8.95. The second-order valence-corrected chi connectivity index (χ2v) is 3.37. The first-order chi connectivity index (χ1) is 7.15. The maximum atomic E-state index is 12.5. The molecule has 0 aliphatic carbocycles. The summed E-state index contributed by atoms with van der Waals surface area (Å²) in [6.45, 7) is -0.461. The fraction of sp³-hybridized carbons (Fsp3) is 0.667. The fourth-order valence-corrected chi connectivity index (χ4v) is 1.27. The van der Waals surface area contributed by atoms with Gasteiger partial charge in [-0.15, -0.1) is 0 Å². The molecule has 15 heavy (non-hydrogen) atoms. The van der Waals surface area contributed by atoms with Crippen LogP contribution in [0.15, 0.2) is 12.4 Å². The van der Waals surface area contributed by atoms with E-state index in [1.807, 2.05) is 19.0 Å². The Balaban J connectivity index is 2.52. The summed E-state index contributed by atoms with van der Waals surface area (Å²) in [5, 5.41) is 3.00. The number of aromatic nitrogens is 2. The summed E-state index contributed by atoms with van der Waals surface area (Å²) in [6.07, 6.45) is 2.69. The van der Waals surface area contributed by atoms with Crippen LogP contribution < -0.4 is 5.32 Å². The van der Waals surface area contributed by atoms with Crippen molar-refractivity contribution in [2.75, 3.05) is 27.2 Å². The molecule has 0 fully saturated rings. The number of alkyl halides is 2. The predicted octanol–water partition coefficient (Wildman–Crippen LogP) is 0.929. The van der Waals surface area contributed by atoms with Crippen LogP contribution in [-0.4, -0.2) is 41.6 Å². The van der Waals surface area contributed by atoms with E-state index in [1.165, 1.54) is 12.4 Å². The third kappa shape index (κ3) is 3.56. The summed E-state index contributed by atoms with van der Waals surface area (Å²) in [5.74, 6) is 0.392. The molecule has 0 aromatic carbocycles. The van der Waals surface area contributed by atoms with E-state index in [0.29, 0.717) is 12.4 Å². The molecular formula is C9H16F2N4. The summed E-state index contributed by atoms with van der Waals surface area (Å²) < 4.78 is 25.8. The Labute approximate surface area is 87.9 Å². The molecule has 1 rings (SSSR count). The first kappa shape index (κ1) is 12.1. The first-order valence-corrected chi connectivity index (χ1v) is 4.78. The average Bonchev–Trinajstić information content (AvgIpc) is 2.62. The number of hydrogen-bond donors (Lipinski definition) is 1. The molecule has 1 N–H and O–H groups in total. The summed E-state index contributed by atoms with van der Waals surface area (Å²) in [6, 6.07) is 0. The van der Waals surface area contributed by atoms with Crippen molar-refractivity contribution in [2.45, 2.75) is 13.1 Å². The van der Waals surface area contributed by atoms with Gasteiger partial charge in [-0.25, -0.2) is 4.98 Å². The fourth-order valence-electron chi connectivity index (χ4n) is 1.27. The minimum Gasteiger partial charge on any atom is -0.318 e. The molecule has 1 aromatic rings. The van der Waals surface area contributed by atoms with E-state index in [9.17, 15) is 8.78 Å². The third-order valence-corrected chi connectivity index (χ3v) is 2.11. The molecule has 1 aromatic heterocycles. The van der Waals surface area contributed by atoms with Gasteiger partial charge in [0, 0.05) is 25.5 Å². The van der Waals surface area contributed by atoms with Crippen LogP contribution in [0.2, 0.25) is 0 Å². The van der Waals surface area contributed by atoms with E-state index in [0.717, 1.165) is 17.7 Å². The Morgan fingerprint density at radius 3 is 2.93 bits per heavy atom. The molecule has 0 bridgehead atoms. The number of likely N-dealkylation sites (N-methyl/N-ethyl adjacent to an activating group) is 2. The van der Waals surface area contributed by atoms with Gasteiger partial charge in [0.1, 0.15) is 5.82 Å². The lowest BCUT2D eigenvalue weighted by Gasteiger charge is -2.16. The molecule has 6 heteroatoms. The van der Waals surface area contributed by atoms with Crippen LogP contribution in [0.5, 0.6) is 0 Å². The molecule has 0 radical (unpaired) electrons. The number of imidazole rings is 1. The summed E-state index contributed by atoms with van der Waals surface area (Å²) in [5.41, 5.74) is 0.